The summed E-state index contributed by atoms with van der Waals surface area (Å²) in [7, 11) is 0. The average Bonchev–Trinajstić information content (AvgIpc) is 2.84. The van der Waals surface area contributed by atoms with Crippen molar-refractivity contribution in [3.63, 3.8) is 0 Å². The number of hydrogen-bond acceptors (Lipinski definition) is 4. The maximum absolute atomic E-state index is 11.2. The summed E-state index contributed by atoms with van der Waals surface area (Å²) in [5.74, 6) is 0.300. The lowest BCUT2D eigenvalue weighted by atomic mass is 10.1. The predicted molar refractivity (Wildman–Crippen MR) is 84.5 cm³/mol. The number of nitrogens with zero attached hydrogens (tertiary/aromatic N) is 2. The molecule has 1 amide bonds. The van der Waals surface area contributed by atoms with E-state index in [2.05, 4.69) is 33.2 Å². The van der Waals surface area contributed by atoms with Crippen LogP contribution in [0.25, 0.3) is 5.65 Å². The molecule has 0 bridgehead atoms. The molecule has 7 heteroatoms. The molecule has 2 heterocycles. The molecule has 2 aromatic heterocycles. The highest BCUT2D eigenvalue weighted by atomic mass is 79.9. The Morgan fingerprint density at radius 1 is 1.43 bits per heavy atom. The van der Waals surface area contributed by atoms with Crippen molar-refractivity contribution in [3.05, 3.63) is 28.5 Å². The molecule has 3 N–H and O–H groups in total. The van der Waals surface area contributed by atoms with Gasteiger partial charge in [-0.25, -0.2) is 10.5 Å². The Hall–Kier alpha value is -1.60. The van der Waals surface area contributed by atoms with Gasteiger partial charge >= 0.3 is 0 Å². The van der Waals surface area contributed by atoms with Gasteiger partial charge in [0.25, 0.3) is 5.91 Å². The summed E-state index contributed by atoms with van der Waals surface area (Å²) in [4.78, 5) is 15.9. The van der Waals surface area contributed by atoms with Gasteiger partial charge in [-0.1, -0.05) is 25.8 Å². The fourth-order valence-electron chi connectivity index (χ4n) is 2.20. The molecule has 0 fully saturated rings. The van der Waals surface area contributed by atoms with Crippen LogP contribution in [0, 0.1) is 0 Å². The van der Waals surface area contributed by atoms with Gasteiger partial charge in [-0.15, -0.1) is 0 Å². The number of imidazole rings is 1. The third kappa shape index (κ3) is 3.74. The van der Waals surface area contributed by atoms with Crippen molar-refractivity contribution in [2.45, 2.75) is 32.6 Å². The number of fused-ring (bicyclic) bond motifs is 1. The van der Waals surface area contributed by atoms with E-state index in [1.807, 2.05) is 22.6 Å². The zero-order valence-electron chi connectivity index (χ0n) is 11.9. The molecule has 21 heavy (non-hydrogen) atoms. The number of hydroxylamine groups is 1. The zero-order valence-corrected chi connectivity index (χ0v) is 13.5. The number of aromatic nitrogens is 2. The molecule has 0 aliphatic carbocycles. The van der Waals surface area contributed by atoms with Gasteiger partial charge in [-0.3, -0.25) is 14.4 Å². The van der Waals surface area contributed by atoms with Crippen LogP contribution >= 0.6 is 15.9 Å². The van der Waals surface area contributed by atoms with Crippen LogP contribution in [0.3, 0.4) is 0 Å². The van der Waals surface area contributed by atoms with Gasteiger partial charge in [0.05, 0.1) is 16.8 Å². The maximum Gasteiger partial charge on any atom is 0.262 e. The normalized spacial score (nSPS) is 10.8. The third-order valence-corrected chi connectivity index (χ3v) is 3.85. The molecule has 0 spiro atoms. The molecular formula is C14H19BrN4O2. The second-order valence-corrected chi connectivity index (χ2v) is 5.61. The highest BCUT2D eigenvalue weighted by Gasteiger charge is 2.14. The number of aryl methyl sites for hydroxylation is 1. The number of nitrogens with one attached hydrogen (secondary N) is 2. The van der Waals surface area contributed by atoms with Crippen molar-refractivity contribution in [3.8, 4) is 0 Å². The molecule has 0 atom stereocenters. The summed E-state index contributed by atoms with van der Waals surface area (Å²) in [6, 6.07) is 5.76. The first-order valence-corrected chi connectivity index (χ1v) is 7.79. The Kier molecular flexibility index (Phi) is 5.58. The summed E-state index contributed by atoms with van der Waals surface area (Å²) in [6.07, 6.45) is 4.20. The van der Waals surface area contributed by atoms with E-state index in [-0.39, 0.29) is 6.54 Å². The summed E-state index contributed by atoms with van der Waals surface area (Å²) >= 11 is 3.50. The molecule has 0 aromatic carbocycles. The lowest BCUT2D eigenvalue weighted by molar-refractivity contribution is -0.127. The van der Waals surface area contributed by atoms with Crippen molar-refractivity contribution >= 4 is 33.3 Å². The van der Waals surface area contributed by atoms with E-state index in [0.29, 0.717) is 0 Å². The number of carbonyl (C=O) groups is 1. The van der Waals surface area contributed by atoms with Gasteiger partial charge in [0.15, 0.2) is 0 Å². The lowest BCUT2D eigenvalue weighted by Gasteiger charge is -2.08. The molecular weight excluding hydrogens is 336 g/mol. The Morgan fingerprint density at radius 3 is 2.95 bits per heavy atom. The molecule has 114 valence electrons. The minimum absolute atomic E-state index is 0.00753. The first kappa shape index (κ1) is 15.8. The highest BCUT2D eigenvalue weighted by molar-refractivity contribution is 9.10. The van der Waals surface area contributed by atoms with E-state index in [9.17, 15) is 4.79 Å². The third-order valence-electron chi connectivity index (χ3n) is 3.23. The molecule has 0 aliphatic rings. The maximum atomic E-state index is 11.2. The first-order valence-electron chi connectivity index (χ1n) is 7.00. The molecule has 0 aliphatic heterocycles. The molecule has 6 nitrogen and oxygen atoms in total. The monoisotopic (exact) mass is 354 g/mol. The number of halogens is 1. The summed E-state index contributed by atoms with van der Waals surface area (Å²) in [5.41, 5.74) is 3.37. The SMILES string of the molecule is CCCCCc1nc2cccc(Br)n2c1NCC(=O)NO. The molecule has 0 unspecified atom stereocenters. The molecule has 0 radical (unpaired) electrons. The number of rotatable bonds is 7. The predicted octanol–water partition coefficient (Wildman–Crippen LogP) is 2.75. The Morgan fingerprint density at radius 2 is 2.24 bits per heavy atom. The van der Waals surface area contributed by atoms with Crippen LogP contribution in [-0.4, -0.2) is 27.0 Å². The van der Waals surface area contributed by atoms with Gasteiger partial charge in [0, 0.05) is 0 Å². The van der Waals surface area contributed by atoms with E-state index < -0.39 is 5.91 Å². The Balaban J connectivity index is 2.31. The molecule has 2 aromatic rings. The van der Waals surface area contributed by atoms with Crippen LogP contribution in [-0.2, 0) is 11.2 Å². The van der Waals surface area contributed by atoms with Crippen LogP contribution in [0.2, 0.25) is 0 Å². The van der Waals surface area contributed by atoms with Gasteiger partial charge in [0.1, 0.15) is 11.5 Å². The number of pyridine rings is 1. The van der Waals surface area contributed by atoms with Crippen LogP contribution in [0.5, 0.6) is 0 Å². The number of carbonyl (C=O) groups excluding carboxylic acids is 1. The van der Waals surface area contributed by atoms with Gasteiger partial charge in [0.2, 0.25) is 0 Å². The number of amides is 1. The van der Waals surface area contributed by atoms with Crippen molar-refractivity contribution in [1.82, 2.24) is 14.9 Å². The minimum Gasteiger partial charge on any atom is -0.360 e. The minimum atomic E-state index is -0.489. The van der Waals surface area contributed by atoms with Crippen LogP contribution < -0.4 is 10.8 Å². The van der Waals surface area contributed by atoms with Crippen molar-refractivity contribution in [1.29, 1.82) is 0 Å². The molecule has 2 rings (SSSR count). The van der Waals surface area contributed by atoms with E-state index >= 15 is 0 Å². The fourth-order valence-corrected chi connectivity index (χ4v) is 2.71. The second-order valence-electron chi connectivity index (χ2n) is 4.79. The molecule has 0 saturated heterocycles. The fraction of sp³-hybridized carbons (Fsp3) is 0.429. The standard InChI is InChI=1S/C14H19BrN4O2/c1-2-3-4-6-10-14(16-9-13(20)18-21)19-11(15)7-5-8-12(19)17-10/h5,7-8,16,21H,2-4,6,9H2,1H3,(H,18,20). The second kappa shape index (κ2) is 7.42. The van der Waals surface area contributed by atoms with Crippen LogP contribution in [0.4, 0.5) is 5.82 Å². The largest absolute Gasteiger partial charge is 0.360 e. The van der Waals surface area contributed by atoms with Gasteiger partial charge in [-0.2, -0.15) is 0 Å². The van der Waals surface area contributed by atoms with E-state index in [1.165, 1.54) is 0 Å². The van der Waals surface area contributed by atoms with E-state index in [1.54, 1.807) is 5.48 Å². The summed E-state index contributed by atoms with van der Waals surface area (Å²) in [5, 5.41) is 11.7. The van der Waals surface area contributed by atoms with Gasteiger partial charge < -0.3 is 5.32 Å². The Bertz CT molecular complexity index is 627. The average molecular weight is 355 g/mol. The molecule has 0 saturated carbocycles. The van der Waals surface area contributed by atoms with E-state index in [4.69, 9.17) is 5.21 Å². The number of unbranched alkanes of at least 4 members (excludes halogenated alkanes) is 2. The topological polar surface area (TPSA) is 78.7 Å². The van der Waals surface area contributed by atoms with Crippen molar-refractivity contribution in [2.24, 2.45) is 0 Å². The number of anilines is 1. The first-order chi connectivity index (χ1) is 10.2. The van der Waals surface area contributed by atoms with E-state index in [0.717, 1.165) is 47.4 Å². The summed E-state index contributed by atoms with van der Waals surface area (Å²) in [6.45, 7) is 2.15. The van der Waals surface area contributed by atoms with Gasteiger partial charge in [-0.05, 0) is 40.9 Å². The van der Waals surface area contributed by atoms with Crippen molar-refractivity contribution in [2.75, 3.05) is 11.9 Å². The van der Waals surface area contributed by atoms with Crippen molar-refractivity contribution < 1.29 is 10.0 Å². The smallest absolute Gasteiger partial charge is 0.262 e. The zero-order chi connectivity index (χ0) is 15.2. The van der Waals surface area contributed by atoms with Crippen LogP contribution in [0.1, 0.15) is 31.9 Å². The Labute approximate surface area is 131 Å². The lowest BCUT2D eigenvalue weighted by Crippen LogP contribution is -2.27. The number of hydrogen-bond donors (Lipinski definition) is 3. The highest BCUT2D eigenvalue weighted by Crippen LogP contribution is 2.24. The summed E-state index contributed by atoms with van der Waals surface area (Å²) < 4.78 is 2.78. The van der Waals surface area contributed by atoms with Crippen LogP contribution in [0.15, 0.2) is 22.8 Å². The quantitative estimate of drug-likeness (QED) is 0.309.